The summed E-state index contributed by atoms with van der Waals surface area (Å²) < 4.78 is 29.8. The van der Waals surface area contributed by atoms with Gasteiger partial charge in [0.1, 0.15) is 22.8 Å². The van der Waals surface area contributed by atoms with Crippen LogP contribution in [0.4, 0.5) is 0 Å². The van der Waals surface area contributed by atoms with Crippen LogP contribution < -0.4 is 14.2 Å². The van der Waals surface area contributed by atoms with Gasteiger partial charge in [-0.15, -0.1) is 0 Å². The number of hydrogen-bond acceptors (Lipinski definition) is 8. The smallest absolute Gasteiger partial charge is 0.305 e. The van der Waals surface area contributed by atoms with Gasteiger partial charge in [-0.05, 0) is 69.5 Å². The third-order valence-corrected chi connectivity index (χ3v) is 7.16. The van der Waals surface area contributed by atoms with Gasteiger partial charge in [0.15, 0.2) is 5.78 Å². The van der Waals surface area contributed by atoms with Crippen LogP contribution in [0.5, 0.6) is 17.2 Å². The van der Waals surface area contributed by atoms with E-state index in [0.29, 0.717) is 43.1 Å². The average Bonchev–Trinajstić information content (AvgIpc) is 2.93. The van der Waals surface area contributed by atoms with E-state index in [-0.39, 0.29) is 63.0 Å². The van der Waals surface area contributed by atoms with Gasteiger partial charge < -0.3 is 23.7 Å². The maximum Gasteiger partial charge on any atom is 0.305 e. The second-order valence-electron chi connectivity index (χ2n) is 9.67. The van der Waals surface area contributed by atoms with Crippen LogP contribution in [0.2, 0.25) is 0 Å². The summed E-state index contributed by atoms with van der Waals surface area (Å²) in [4.78, 5) is 37.8. The predicted octanol–water partition coefficient (Wildman–Crippen LogP) is 6.64. The average molecular weight is 620 g/mol. The molecule has 0 bridgehead atoms. The van der Waals surface area contributed by atoms with Crippen molar-refractivity contribution in [1.29, 1.82) is 0 Å². The van der Waals surface area contributed by atoms with E-state index in [1.54, 1.807) is 19.9 Å². The quantitative estimate of drug-likeness (QED) is 0.152. The molecule has 0 radical (unpaired) electrons. The zero-order valence-corrected chi connectivity index (χ0v) is 25.2. The van der Waals surface area contributed by atoms with Crippen LogP contribution in [0.1, 0.15) is 81.6 Å². The third kappa shape index (κ3) is 8.98. The van der Waals surface area contributed by atoms with Gasteiger partial charge in [-0.3, -0.25) is 14.4 Å². The summed E-state index contributed by atoms with van der Waals surface area (Å²) in [5.41, 5.74) is 0.291. The molecule has 2 aromatic carbocycles. The molecule has 0 saturated heterocycles. The number of benzene rings is 2. The molecule has 0 atom stereocenters. The number of fused-ring (bicyclic) bond motifs is 1. The first-order chi connectivity index (χ1) is 19.3. The highest BCUT2D eigenvalue weighted by Gasteiger charge is 2.42. The second kappa shape index (κ2) is 15.6. The highest BCUT2D eigenvalue weighted by Crippen LogP contribution is 2.44. The Labute approximate surface area is 244 Å². The molecule has 0 saturated carbocycles. The van der Waals surface area contributed by atoms with E-state index in [9.17, 15) is 14.4 Å². The second-order valence-corrected chi connectivity index (χ2v) is 10.6. The van der Waals surface area contributed by atoms with Crippen LogP contribution in [-0.2, 0) is 25.5 Å². The van der Waals surface area contributed by atoms with Gasteiger partial charge in [-0.1, -0.05) is 29.3 Å². The van der Waals surface area contributed by atoms with Crippen LogP contribution in [0, 0.1) is 0 Å². The summed E-state index contributed by atoms with van der Waals surface area (Å²) in [5, 5.41) is 0. The maximum atomic E-state index is 13.4. The molecule has 1 aliphatic rings. The molecule has 0 spiro atoms. The van der Waals surface area contributed by atoms with Gasteiger partial charge in [0.25, 0.3) is 0 Å². The third-order valence-electron chi connectivity index (χ3n) is 6.63. The summed E-state index contributed by atoms with van der Waals surface area (Å²) >= 11 is 3.41. The van der Waals surface area contributed by atoms with Gasteiger partial charge in [-0.2, -0.15) is 0 Å². The van der Waals surface area contributed by atoms with Gasteiger partial charge in [0, 0.05) is 29.3 Å². The number of rotatable bonds is 16. The standard InChI is InChI=1S/C31H39BrO8/c1-4-8-25-27(39-20-7-19-38-23-11-9-22(32)10-12-23)14-13-24-26(33)21-31(40-30(24)25,17-15-28(34)36-5-2)18-16-29(35)37-6-3/h9-14H,4-8,15-21H2,1-3H3. The van der Waals surface area contributed by atoms with Crippen molar-refractivity contribution < 1.29 is 38.1 Å². The molecular weight excluding hydrogens is 580 g/mol. The van der Waals surface area contributed by atoms with Gasteiger partial charge in [0.05, 0.1) is 38.4 Å². The lowest BCUT2D eigenvalue weighted by atomic mass is 9.82. The number of carbonyl (C=O) groups is 3. The molecule has 0 fully saturated rings. The predicted molar refractivity (Wildman–Crippen MR) is 154 cm³/mol. The van der Waals surface area contributed by atoms with Crippen molar-refractivity contribution in [3.8, 4) is 17.2 Å². The van der Waals surface area contributed by atoms with E-state index in [1.165, 1.54) is 0 Å². The molecule has 0 amide bonds. The summed E-state index contributed by atoms with van der Waals surface area (Å²) in [6, 6.07) is 11.2. The van der Waals surface area contributed by atoms with E-state index in [4.69, 9.17) is 23.7 Å². The molecule has 9 heteroatoms. The molecule has 0 unspecified atom stereocenters. The first-order valence-electron chi connectivity index (χ1n) is 14.0. The Kier molecular flexibility index (Phi) is 12.3. The van der Waals surface area contributed by atoms with Gasteiger partial charge in [0.2, 0.25) is 0 Å². The molecular formula is C31H39BrO8. The number of esters is 2. The van der Waals surface area contributed by atoms with Crippen LogP contribution in [0.3, 0.4) is 0 Å². The summed E-state index contributed by atoms with van der Waals surface area (Å²) in [6.07, 6.45) is 2.86. The van der Waals surface area contributed by atoms with Crippen LogP contribution in [-0.4, -0.2) is 49.8 Å². The van der Waals surface area contributed by atoms with E-state index in [2.05, 4.69) is 22.9 Å². The first-order valence-corrected chi connectivity index (χ1v) is 14.8. The van der Waals surface area contributed by atoms with Gasteiger partial charge >= 0.3 is 11.9 Å². The number of ketones is 1. The molecule has 1 aliphatic heterocycles. The molecule has 40 heavy (non-hydrogen) atoms. The Bertz CT molecular complexity index is 1120. The Morgan fingerprint density at radius 1 is 0.900 bits per heavy atom. The fourth-order valence-corrected chi connectivity index (χ4v) is 4.96. The Morgan fingerprint density at radius 3 is 2.12 bits per heavy atom. The first kappa shape index (κ1) is 31.5. The molecule has 0 aliphatic carbocycles. The van der Waals surface area contributed by atoms with Crippen molar-refractivity contribution in [1.82, 2.24) is 0 Å². The fourth-order valence-electron chi connectivity index (χ4n) is 4.70. The lowest BCUT2D eigenvalue weighted by molar-refractivity contribution is -0.145. The summed E-state index contributed by atoms with van der Waals surface area (Å²) in [7, 11) is 0. The molecule has 0 aromatic heterocycles. The molecule has 2 aromatic rings. The van der Waals surface area contributed by atoms with Crippen molar-refractivity contribution in [2.75, 3.05) is 26.4 Å². The van der Waals surface area contributed by atoms with E-state index >= 15 is 0 Å². The monoisotopic (exact) mass is 618 g/mol. The zero-order chi connectivity index (χ0) is 29.0. The highest BCUT2D eigenvalue weighted by molar-refractivity contribution is 9.10. The van der Waals surface area contributed by atoms with Crippen LogP contribution in [0.15, 0.2) is 40.9 Å². The van der Waals surface area contributed by atoms with Crippen LogP contribution >= 0.6 is 15.9 Å². The fraction of sp³-hybridized carbons (Fsp3) is 0.516. The Balaban J connectivity index is 1.77. The molecule has 3 rings (SSSR count). The SMILES string of the molecule is CCCc1c(OCCCOc2ccc(Br)cc2)ccc2c1OC(CCC(=O)OCC)(CCC(=O)OCC)CC2=O. The van der Waals surface area contributed by atoms with E-state index < -0.39 is 5.60 Å². The van der Waals surface area contributed by atoms with Gasteiger partial charge in [-0.25, -0.2) is 0 Å². The number of ether oxygens (including phenoxy) is 5. The Hall–Kier alpha value is -3.07. The molecule has 0 N–H and O–H groups in total. The minimum absolute atomic E-state index is 0.0674. The number of hydrogen-bond donors (Lipinski definition) is 0. The van der Waals surface area contributed by atoms with Crippen LogP contribution in [0.25, 0.3) is 0 Å². The highest BCUT2D eigenvalue weighted by atomic mass is 79.9. The minimum Gasteiger partial charge on any atom is -0.493 e. The maximum absolute atomic E-state index is 13.4. The lowest BCUT2D eigenvalue weighted by Crippen LogP contribution is -2.43. The van der Waals surface area contributed by atoms with Crippen molar-refractivity contribution in [2.45, 2.75) is 77.7 Å². The number of Topliss-reactive ketones (excluding diaryl/α,β-unsaturated/α-hetero) is 1. The van der Waals surface area contributed by atoms with E-state index in [0.717, 1.165) is 22.2 Å². The normalized spacial score (nSPS) is 13.7. The lowest BCUT2D eigenvalue weighted by Gasteiger charge is -2.39. The summed E-state index contributed by atoms with van der Waals surface area (Å²) in [6.45, 7) is 7.01. The molecule has 8 nitrogen and oxygen atoms in total. The molecule has 1 heterocycles. The number of carbonyl (C=O) groups excluding carboxylic acids is 3. The minimum atomic E-state index is -1.02. The van der Waals surface area contributed by atoms with Crippen molar-refractivity contribution in [3.63, 3.8) is 0 Å². The largest absolute Gasteiger partial charge is 0.493 e. The van der Waals surface area contributed by atoms with Crippen molar-refractivity contribution in [2.24, 2.45) is 0 Å². The number of halogens is 1. The van der Waals surface area contributed by atoms with Crippen molar-refractivity contribution >= 4 is 33.7 Å². The van der Waals surface area contributed by atoms with E-state index in [1.807, 2.05) is 30.3 Å². The topological polar surface area (TPSA) is 97.4 Å². The molecule has 218 valence electrons. The Morgan fingerprint density at radius 2 is 1.52 bits per heavy atom. The summed E-state index contributed by atoms with van der Waals surface area (Å²) in [5.74, 6) is 1.11. The van der Waals surface area contributed by atoms with Crippen molar-refractivity contribution in [3.05, 3.63) is 52.0 Å². The zero-order valence-electron chi connectivity index (χ0n) is 23.6.